The summed E-state index contributed by atoms with van der Waals surface area (Å²) in [6.07, 6.45) is 2.04. The molecule has 32 heavy (non-hydrogen) atoms. The van der Waals surface area contributed by atoms with Crippen molar-refractivity contribution >= 4 is 5.78 Å². The molecule has 4 aromatic rings. The Morgan fingerprint density at radius 2 is 0.875 bits per heavy atom. The van der Waals surface area contributed by atoms with Gasteiger partial charge in [0, 0.05) is 22.3 Å². The lowest BCUT2D eigenvalue weighted by molar-refractivity contribution is 0.104. The molecule has 1 nitrogen and oxygen atoms in total. The molecule has 0 aromatic heterocycles. The third-order valence-corrected chi connectivity index (χ3v) is 6.65. The van der Waals surface area contributed by atoms with E-state index in [2.05, 4.69) is 100 Å². The second-order valence-electron chi connectivity index (χ2n) is 8.90. The molecule has 4 aromatic carbocycles. The number of carbonyl (C=O) groups is 1. The van der Waals surface area contributed by atoms with Crippen molar-refractivity contribution in [3.05, 3.63) is 106 Å². The van der Waals surface area contributed by atoms with E-state index >= 15 is 0 Å². The fourth-order valence-electron chi connectivity index (χ4n) is 4.91. The Labute approximate surface area is 190 Å². The Morgan fingerprint density at radius 3 is 1.22 bits per heavy atom. The van der Waals surface area contributed by atoms with Crippen molar-refractivity contribution in [2.75, 3.05) is 0 Å². The molecule has 0 fully saturated rings. The van der Waals surface area contributed by atoms with Crippen molar-refractivity contribution in [2.45, 2.75) is 40.5 Å². The van der Waals surface area contributed by atoms with Crippen LogP contribution >= 0.6 is 0 Å². The van der Waals surface area contributed by atoms with E-state index in [1.807, 2.05) is 0 Å². The van der Waals surface area contributed by atoms with Gasteiger partial charge in [-0.05, 0) is 83.3 Å². The van der Waals surface area contributed by atoms with E-state index in [9.17, 15) is 4.79 Å². The summed E-state index contributed by atoms with van der Waals surface area (Å²) in [6.45, 7) is 8.51. The number of ketones is 1. The highest BCUT2D eigenvalue weighted by Crippen LogP contribution is 2.48. The number of rotatable bonds is 4. The van der Waals surface area contributed by atoms with E-state index < -0.39 is 0 Å². The van der Waals surface area contributed by atoms with Crippen LogP contribution in [0.25, 0.3) is 33.4 Å². The maximum absolute atomic E-state index is 13.6. The van der Waals surface area contributed by atoms with E-state index in [0.29, 0.717) is 0 Å². The van der Waals surface area contributed by atoms with E-state index in [-0.39, 0.29) is 5.78 Å². The zero-order valence-electron chi connectivity index (χ0n) is 19.3. The van der Waals surface area contributed by atoms with Gasteiger partial charge in [0.25, 0.3) is 0 Å². The lowest BCUT2D eigenvalue weighted by atomic mass is 9.87. The third-order valence-electron chi connectivity index (χ3n) is 6.65. The van der Waals surface area contributed by atoms with Gasteiger partial charge in [0.05, 0.1) is 0 Å². The largest absolute Gasteiger partial charge is 0.289 e. The van der Waals surface area contributed by atoms with Gasteiger partial charge in [-0.1, -0.05) is 74.5 Å². The molecule has 0 spiro atoms. The van der Waals surface area contributed by atoms with Gasteiger partial charge in [0.2, 0.25) is 0 Å². The van der Waals surface area contributed by atoms with Crippen LogP contribution in [0, 0.1) is 13.8 Å². The van der Waals surface area contributed by atoms with Crippen molar-refractivity contribution in [2.24, 2.45) is 0 Å². The lowest BCUT2D eigenvalue weighted by Gasteiger charge is -2.16. The molecule has 1 aliphatic carbocycles. The third kappa shape index (κ3) is 3.29. The average molecular weight is 417 g/mol. The van der Waals surface area contributed by atoms with Crippen LogP contribution in [0.5, 0.6) is 0 Å². The first-order valence-electron chi connectivity index (χ1n) is 11.5. The molecule has 5 rings (SSSR count). The summed E-state index contributed by atoms with van der Waals surface area (Å²) in [7, 11) is 0. The predicted octanol–water partition coefficient (Wildman–Crippen LogP) is 7.97. The Kier molecular flexibility index (Phi) is 5.06. The quantitative estimate of drug-likeness (QED) is 0.290. The summed E-state index contributed by atoms with van der Waals surface area (Å²) in [4.78, 5) is 13.6. The van der Waals surface area contributed by atoms with Gasteiger partial charge in [-0.3, -0.25) is 4.79 Å². The van der Waals surface area contributed by atoms with Gasteiger partial charge in [-0.25, -0.2) is 0 Å². The molecule has 158 valence electrons. The van der Waals surface area contributed by atoms with Crippen LogP contribution in [0.3, 0.4) is 0 Å². The second-order valence-corrected chi connectivity index (χ2v) is 8.90. The minimum atomic E-state index is 0.139. The van der Waals surface area contributed by atoms with Crippen LogP contribution in [0.15, 0.2) is 72.8 Å². The fraction of sp³-hybridized carbons (Fsp3) is 0.194. The second kappa shape index (κ2) is 7.91. The van der Waals surface area contributed by atoms with Crippen molar-refractivity contribution < 1.29 is 4.79 Å². The Hall–Kier alpha value is -3.45. The average Bonchev–Trinajstić information content (AvgIpc) is 3.10. The van der Waals surface area contributed by atoms with E-state index in [4.69, 9.17) is 0 Å². The molecule has 0 bridgehead atoms. The smallest absolute Gasteiger partial charge is 0.194 e. The Balaban J connectivity index is 1.80. The minimum absolute atomic E-state index is 0.139. The number of aryl methyl sites for hydroxylation is 4. The van der Waals surface area contributed by atoms with Crippen LogP contribution < -0.4 is 0 Å². The highest BCUT2D eigenvalue weighted by atomic mass is 16.1. The van der Waals surface area contributed by atoms with Gasteiger partial charge in [-0.15, -0.1) is 0 Å². The standard InChI is InChI=1S/C31H28O/c1-5-21-7-11-23(12-8-21)25-15-19(3)17-27-29(25)30-26(16-20(4)18-28(30)31(27)32)24-13-9-22(6-2)10-14-24/h7-18H,5-6H2,1-4H3. The number of hydrogen-bond acceptors (Lipinski definition) is 1. The van der Waals surface area contributed by atoms with E-state index in [1.165, 1.54) is 11.1 Å². The van der Waals surface area contributed by atoms with Crippen LogP contribution in [0.1, 0.15) is 52.0 Å². The molecule has 0 unspecified atom stereocenters. The molecule has 0 N–H and O–H groups in total. The SMILES string of the molecule is CCc1ccc(-c2cc(C)cc3c2-c2c(cc(C)cc2-c2ccc(CC)cc2)C3=O)cc1. The van der Waals surface area contributed by atoms with Gasteiger partial charge >= 0.3 is 0 Å². The topological polar surface area (TPSA) is 17.1 Å². The van der Waals surface area contributed by atoms with Crippen molar-refractivity contribution in [3.8, 4) is 33.4 Å². The predicted molar refractivity (Wildman–Crippen MR) is 134 cm³/mol. The Morgan fingerprint density at radius 1 is 0.531 bits per heavy atom. The van der Waals surface area contributed by atoms with E-state index in [1.54, 1.807) is 0 Å². The summed E-state index contributed by atoms with van der Waals surface area (Å²) in [5.41, 5.74) is 13.3. The summed E-state index contributed by atoms with van der Waals surface area (Å²) in [6, 6.07) is 26.1. The van der Waals surface area contributed by atoms with Crippen LogP contribution in [0.4, 0.5) is 0 Å². The normalized spacial score (nSPS) is 12.1. The minimum Gasteiger partial charge on any atom is -0.289 e. The van der Waals surface area contributed by atoms with Crippen molar-refractivity contribution in [1.29, 1.82) is 0 Å². The molecule has 0 aliphatic heterocycles. The summed E-state index contributed by atoms with van der Waals surface area (Å²) in [5, 5.41) is 0. The molecular formula is C31H28O. The van der Waals surface area contributed by atoms with Gasteiger partial charge in [0.15, 0.2) is 5.78 Å². The molecule has 0 amide bonds. The highest BCUT2D eigenvalue weighted by Gasteiger charge is 2.32. The molecule has 0 saturated carbocycles. The molecule has 0 atom stereocenters. The number of benzene rings is 4. The maximum atomic E-state index is 13.6. The van der Waals surface area contributed by atoms with Crippen LogP contribution in [-0.2, 0) is 12.8 Å². The van der Waals surface area contributed by atoms with Gasteiger partial charge < -0.3 is 0 Å². The number of fused-ring (bicyclic) bond motifs is 3. The van der Waals surface area contributed by atoms with Crippen molar-refractivity contribution in [1.82, 2.24) is 0 Å². The molecule has 1 aliphatic rings. The fourth-order valence-corrected chi connectivity index (χ4v) is 4.91. The first-order chi connectivity index (χ1) is 15.5. The van der Waals surface area contributed by atoms with Crippen LogP contribution in [-0.4, -0.2) is 5.78 Å². The summed E-state index contributed by atoms with van der Waals surface area (Å²) < 4.78 is 0. The molecule has 0 radical (unpaired) electrons. The number of hydrogen-bond donors (Lipinski definition) is 0. The van der Waals surface area contributed by atoms with Gasteiger partial charge in [0.1, 0.15) is 0 Å². The molecule has 0 heterocycles. The van der Waals surface area contributed by atoms with E-state index in [0.717, 1.165) is 68.5 Å². The first-order valence-corrected chi connectivity index (χ1v) is 11.5. The molecule has 1 heteroatoms. The van der Waals surface area contributed by atoms with Crippen molar-refractivity contribution in [3.63, 3.8) is 0 Å². The zero-order valence-corrected chi connectivity index (χ0v) is 19.3. The summed E-state index contributed by atoms with van der Waals surface area (Å²) >= 11 is 0. The monoisotopic (exact) mass is 416 g/mol. The number of carbonyl (C=O) groups excluding carboxylic acids is 1. The summed E-state index contributed by atoms with van der Waals surface area (Å²) in [5.74, 6) is 0.139. The highest BCUT2D eigenvalue weighted by molar-refractivity contribution is 6.26. The maximum Gasteiger partial charge on any atom is 0.194 e. The van der Waals surface area contributed by atoms with Gasteiger partial charge in [-0.2, -0.15) is 0 Å². The molecule has 0 saturated heterocycles. The van der Waals surface area contributed by atoms with Crippen LogP contribution in [0.2, 0.25) is 0 Å². The lowest BCUT2D eigenvalue weighted by Crippen LogP contribution is -1.97. The Bertz CT molecular complexity index is 1230. The zero-order chi connectivity index (χ0) is 22.4. The first kappa shape index (κ1) is 20.5. The molecular weight excluding hydrogens is 388 g/mol.